The van der Waals surface area contributed by atoms with Crippen LogP contribution in [0.3, 0.4) is 0 Å². The zero-order valence-electron chi connectivity index (χ0n) is 24.5. The molecule has 0 amide bonds. The lowest BCUT2D eigenvalue weighted by Gasteiger charge is -2.48. The largest absolute Gasteiger partial charge is 0.151 e. The molecule has 2 aromatic carbocycles. The molecule has 0 radical (unpaired) electrons. The third-order valence-corrected chi connectivity index (χ3v) is 90.6. The van der Waals surface area contributed by atoms with Gasteiger partial charge in [0, 0.05) is 30.4 Å². The van der Waals surface area contributed by atoms with Crippen LogP contribution >= 0.6 is 0 Å². The van der Waals surface area contributed by atoms with Crippen LogP contribution in [0.5, 0.6) is 0 Å². The SMILES string of the molecule is C[Si](C)(C)[Si](C)(c1ccc(N=Nc2ccc([Si](C)([Si](C)(C)C)[Si](C)(C)C)cc2)cc1)[Si](C)(C)C. The van der Waals surface area contributed by atoms with Gasteiger partial charge in [0.15, 0.2) is 0 Å². The fraction of sp³-hybridized carbons (Fsp3) is 0.538. The standard InChI is InChI=1S/C26H50N2Si6/c1-29(2,3)33(13,30(4,5)6)25-19-15-23(16-20-25)27-28-24-17-21-26(22-18-24)34(14,31(7,8)9)32(10,11)12/h15-22H,1-14H3. The summed E-state index contributed by atoms with van der Waals surface area (Å²) in [5.74, 6) is 0. The van der Waals surface area contributed by atoms with E-state index in [-0.39, 0.29) is 0 Å². The van der Waals surface area contributed by atoms with E-state index in [1.54, 1.807) is 10.4 Å². The molecular weight excluding hydrogens is 509 g/mol. The maximum Gasteiger partial charge on any atom is 0.0856 e. The minimum absolute atomic E-state index is 0.957. The first-order valence-electron chi connectivity index (χ1n) is 12.8. The summed E-state index contributed by atoms with van der Waals surface area (Å²) in [4.78, 5) is 0. The highest BCUT2D eigenvalue weighted by Gasteiger charge is 2.52. The van der Waals surface area contributed by atoms with Crippen LogP contribution < -0.4 is 10.4 Å². The Labute approximate surface area is 215 Å². The van der Waals surface area contributed by atoms with Crippen molar-refractivity contribution in [2.45, 2.75) is 91.7 Å². The number of hydrogen-bond donors (Lipinski definition) is 0. The van der Waals surface area contributed by atoms with E-state index in [0.717, 1.165) is 11.4 Å². The van der Waals surface area contributed by atoms with Crippen LogP contribution in [-0.4, -0.2) is 44.6 Å². The van der Waals surface area contributed by atoms with Gasteiger partial charge in [-0.1, -0.05) is 126 Å². The number of azo groups is 1. The molecule has 0 aliphatic carbocycles. The molecule has 0 fully saturated rings. The molecular formula is C26H50N2Si6. The first kappa shape index (κ1) is 29.6. The number of rotatable bonds is 8. The quantitative estimate of drug-likeness (QED) is 0.230. The molecule has 0 bridgehead atoms. The molecule has 0 aliphatic heterocycles. The van der Waals surface area contributed by atoms with Crippen molar-refractivity contribution in [2.75, 3.05) is 0 Å². The van der Waals surface area contributed by atoms with E-state index in [2.05, 4.69) is 150 Å². The second kappa shape index (κ2) is 9.66. The predicted octanol–water partition coefficient (Wildman–Crippen LogP) is 8.34. The van der Waals surface area contributed by atoms with E-state index in [9.17, 15) is 0 Å². The molecule has 0 saturated heterocycles. The minimum Gasteiger partial charge on any atom is -0.151 e. The van der Waals surface area contributed by atoms with E-state index >= 15 is 0 Å². The molecule has 0 spiro atoms. The molecule has 8 heteroatoms. The highest BCUT2D eigenvalue weighted by molar-refractivity contribution is 7.73. The molecule has 0 aromatic heterocycles. The van der Waals surface area contributed by atoms with Crippen molar-refractivity contribution >= 4 is 66.3 Å². The number of hydrogen-bond acceptors (Lipinski definition) is 2. The summed E-state index contributed by atoms with van der Waals surface area (Å²) in [6.07, 6.45) is 0. The van der Waals surface area contributed by atoms with Gasteiger partial charge in [-0.15, -0.1) is 0 Å². The lowest BCUT2D eigenvalue weighted by Crippen LogP contribution is -2.76. The maximum absolute atomic E-state index is 4.61. The van der Waals surface area contributed by atoms with Gasteiger partial charge in [-0.2, -0.15) is 10.2 Å². The first-order chi connectivity index (χ1) is 15.2. The van der Waals surface area contributed by atoms with Crippen molar-refractivity contribution in [2.24, 2.45) is 10.2 Å². The average molecular weight is 559 g/mol. The molecule has 2 aromatic rings. The summed E-state index contributed by atoms with van der Waals surface area (Å²) < 4.78 is 0. The van der Waals surface area contributed by atoms with Crippen molar-refractivity contribution in [1.29, 1.82) is 0 Å². The van der Waals surface area contributed by atoms with Crippen molar-refractivity contribution in [3.8, 4) is 0 Å². The summed E-state index contributed by atoms with van der Waals surface area (Å²) in [5.41, 5.74) is 1.91. The molecule has 0 aliphatic rings. The lowest BCUT2D eigenvalue weighted by atomic mass is 10.3. The van der Waals surface area contributed by atoms with Gasteiger partial charge >= 0.3 is 0 Å². The normalized spacial score (nSPS) is 14.6. The summed E-state index contributed by atoms with van der Waals surface area (Å²) in [7, 11) is -8.03. The van der Waals surface area contributed by atoms with Crippen LogP contribution in [0.2, 0.25) is 91.7 Å². The molecule has 0 atom stereocenters. The monoisotopic (exact) mass is 558 g/mol. The van der Waals surface area contributed by atoms with E-state index in [1.807, 2.05) is 0 Å². The van der Waals surface area contributed by atoms with Crippen LogP contribution in [-0.2, 0) is 0 Å². The molecule has 0 saturated carbocycles. The summed E-state index contributed by atoms with van der Waals surface area (Å²) in [6.45, 7) is 36.2. The Morgan fingerprint density at radius 3 is 0.735 bits per heavy atom. The van der Waals surface area contributed by atoms with Gasteiger partial charge in [0.2, 0.25) is 0 Å². The molecule has 188 valence electrons. The fourth-order valence-electron chi connectivity index (χ4n) is 5.82. The predicted molar refractivity (Wildman–Crippen MR) is 173 cm³/mol. The zero-order valence-corrected chi connectivity index (χ0v) is 30.5. The lowest BCUT2D eigenvalue weighted by molar-refractivity contribution is 1.23. The van der Waals surface area contributed by atoms with E-state index in [1.165, 1.54) is 0 Å². The Kier molecular flexibility index (Phi) is 8.40. The smallest absolute Gasteiger partial charge is 0.0856 e. The Hall–Kier alpha value is -0.659. The van der Waals surface area contributed by atoms with Gasteiger partial charge in [-0.25, -0.2) is 0 Å². The zero-order chi connectivity index (χ0) is 26.4. The van der Waals surface area contributed by atoms with Crippen LogP contribution in [0.4, 0.5) is 11.4 Å². The van der Waals surface area contributed by atoms with Crippen molar-refractivity contribution < 1.29 is 0 Å². The van der Waals surface area contributed by atoms with Gasteiger partial charge in [0.05, 0.1) is 25.6 Å². The second-order valence-corrected chi connectivity index (χ2v) is 71.2. The molecule has 0 unspecified atom stereocenters. The Bertz CT molecular complexity index is 891. The van der Waals surface area contributed by atoms with Crippen LogP contribution in [0.1, 0.15) is 0 Å². The molecule has 0 heterocycles. The molecule has 2 nitrogen and oxygen atoms in total. The van der Waals surface area contributed by atoms with Gasteiger partial charge in [0.25, 0.3) is 0 Å². The van der Waals surface area contributed by atoms with Gasteiger partial charge < -0.3 is 0 Å². The second-order valence-electron chi connectivity index (χ2n) is 14.5. The van der Waals surface area contributed by atoms with Gasteiger partial charge in [0.1, 0.15) is 0 Å². The van der Waals surface area contributed by atoms with Crippen LogP contribution in [0.25, 0.3) is 0 Å². The number of benzene rings is 2. The summed E-state index contributed by atoms with van der Waals surface area (Å²) >= 11 is 0. The minimum atomic E-state index is -1.48. The molecule has 34 heavy (non-hydrogen) atoms. The maximum atomic E-state index is 4.61. The Balaban J connectivity index is 2.32. The van der Waals surface area contributed by atoms with E-state index in [4.69, 9.17) is 0 Å². The van der Waals surface area contributed by atoms with Crippen molar-refractivity contribution in [1.82, 2.24) is 0 Å². The fourth-order valence-corrected chi connectivity index (χ4v) is 81.8. The van der Waals surface area contributed by atoms with E-state index in [0.29, 0.717) is 0 Å². The van der Waals surface area contributed by atoms with Crippen LogP contribution in [0, 0.1) is 0 Å². The molecule has 0 N–H and O–H groups in total. The van der Waals surface area contributed by atoms with Gasteiger partial charge in [-0.05, 0) is 24.3 Å². The summed E-state index contributed by atoms with van der Waals surface area (Å²) in [6, 6.07) is 18.3. The van der Waals surface area contributed by atoms with Crippen molar-refractivity contribution in [3.63, 3.8) is 0 Å². The highest BCUT2D eigenvalue weighted by Crippen LogP contribution is 2.31. The van der Waals surface area contributed by atoms with Gasteiger partial charge in [-0.3, -0.25) is 0 Å². The van der Waals surface area contributed by atoms with Crippen molar-refractivity contribution in [3.05, 3.63) is 48.5 Å². The number of nitrogens with zero attached hydrogens (tertiary/aromatic N) is 2. The van der Waals surface area contributed by atoms with E-state index < -0.39 is 44.6 Å². The van der Waals surface area contributed by atoms with Crippen LogP contribution in [0.15, 0.2) is 58.8 Å². The molecule has 2 rings (SSSR count). The Morgan fingerprint density at radius 1 is 0.353 bits per heavy atom. The third-order valence-electron chi connectivity index (χ3n) is 9.17. The topological polar surface area (TPSA) is 24.7 Å². The average Bonchev–Trinajstić information content (AvgIpc) is 2.68. The Morgan fingerprint density at radius 2 is 0.559 bits per heavy atom. The third kappa shape index (κ3) is 5.51. The highest BCUT2D eigenvalue weighted by atomic mass is 29.6. The summed E-state index contributed by atoms with van der Waals surface area (Å²) in [5, 5.41) is 12.5. The first-order valence-corrected chi connectivity index (χ1v) is 35.8.